The number of hydrogen-bond donors (Lipinski definition) is 1. The Labute approximate surface area is 272 Å². The molecule has 10 heteroatoms. The molecule has 6 aromatic rings. The highest BCUT2D eigenvalue weighted by Crippen LogP contribution is 2.37. The van der Waals surface area contributed by atoms with Gasteiger partial charge in [-0.25, -0.2) is 9.78 Å². The number of anilines is 1. The Balaban J connectivity index is 1.33. The monoisotopic (exact) mass is 651 g/mol. The number of rotatable bonds is 9. The van der Waals surface area contributed by atoms with Crippen LogP contribution in [0.15, 0.2) is 100 Å². The predicted molar refractivity (Wildman–Crippen MR) is 185 cm³/mol. The maximum absolute atomic E-state index is 14.2. The van der Waals surface area contributed by atoms with Crippen LogP contribution in [0.25, 0.3) is 37.5 Å². The Morgan fingerprint density at radius 2 is 1.67 bits per heavy atom. The first kappa shape index (κ1) is 30.5. The second-order valence-corrected chi connectivity index (χ2v) is 13.1. The molecule has 6 rings (SSSR count). The summed E-state index contributed by atoms with van der Waals surface area (Å²) in [6, 6.07) is 26.9. The molecule has 3 heterocycles. The van der Waals surface area contributed by atoms with E-state index >= 15 is 0 Å². The van der Waals surface area contributed by atoms with Crippen LogP contribution in [0.5, 0.6) is 0 Å². The van der Waals surface area contributed by atoms with Crippen LogP contribution in [0.4, 0.5) is 5.00 Å². The highest BCUT2D eigenvalue weighted by molar-refractivity contribution is 7.99. The van der Waals surface area contributed by atoms with Crippen molar-refractivity contribution in [2.24, 2.45) is 0 Å². The lowest BCUT2D eigenvalue weighted by Crippen LogP contribution is -2.22. The van der Waals surface area contributed by atoms with E-state index in [1.165, 1.54) is 40.0 Å². The Morgan fingerprint density at radius 3 is 2.38 bits per heavy atom. The fourth-order valence-corrected chi connectivity index (χ4v) is 7.75. The summed E-state index contributed by atoms with van der Waals surface area (Å²) in [6.45, 7) is 6.08. The van der Waals surface area contributed by atoms with Crippen LogP contribution in [0, 0.1) is 13.8 Å². The lowest BCUT2D eigenvalue weighted by atomic mass is 10.0. The molecule has 0 saturated heterocycles. The van der Waals surface area contributed by atoms with Crippen molar-refractivity contribution in [3.63, 3.8) is 0 Å². The van der Waals surface area contributed by atoms with Gasteiger partial charge in [-0.3, -0.25) is 14.2 Å². The van der Waals surface area contributed by atoms with Crippen molar-refractivity contribution in [2.45, 2.75) is 25.9 Å². The number of ether oxygens (including phenoxy) is 1. The quantitative estimate of drug-likeness (QED) is 0.0960. The summed E-state index contributed by atoms with van der Waals surface area (Å²) in [5.41, 5.74) is 5.84. The Bertz CT molecular complexity index is 2080. The van der Waals surface area contributed by atoms with Crippen molar-refractivity contribution in [2.75, 3.05) is 17.7 Å². The summed E-state index contributed by atoms with van der Waals surface area (Å²) in [5, 5.41) is 6.24. The molecule has 0 aliphatic rings. The van der Waals surface area contributed by atoms with Crippen molar-refractivity contribution < 1.29 is 14.3 Å². The first-order valence-corrected chi connectivity index (χ1v) is 17.0. The summed E-state index contributed by atoms with van der Waals surface area (Å²) in [4.78, 5) is 46.6. The van der Waals surface area contributed by atoms with E-state index in [0.717, 1.165) is 27.1 Å². The van der Waals surface area contributed by atoms with E-state index in [0.29, 0.717) is 31.6 Å². The van der Waals surface area contributed by atoms with Gasteiger partial charge < -0.3 is 10.1 Å². The third-order valence-electron chi connectivity index (χ3n) is 7.28. The van der Waals surface area contributed by atoms with Gasteiger partial charge in [0.05, 0.1) is 29.0 Å². The number of carbonyl (C=O) groups excluding carboxylic acids is 2. The largest absolute Gasteiger partial charge is 0.462 e. The first-order chi connectivity index (χ1) is 21.8. The number of aromatic nitrogens is 2. The number of fused-ring (bicyclic) bond motifs is 1. The van der Waals surface area contributed by atoms with Crippen molar-refractivity contribution >= 4 is 61.5 Å². The molecule has 0 aliphatic heterocycles. The molecule has 0 aliphatic carbocycles. The third kappa shape index (κ3) is 6.35. The Hall–Kier alpha value is -4.51. The number of carbonyl (C=O) groups is 2. The molecule has 0 fully saturated rings. The maximum atomic E-state index is 14.2. The minimum Gasteiger partial charge on any atom is -0.462 e. The van der Waals surface area contributed by atoms with E-state index in [2.05, 4.69) is 31.3 Å². The average Bonchev–Trinajstić information content (AvgIpc) is 3.67. The van der Waals surface area contributed by atoms with Crippen molar-refractivity contribution in [3.8, 4) is 27.3 Å². The molecule has 0 atom stereocenters. The lowest BCUT2D eigenvalue weighted by Gasteiger charge is -2.13. The second kappa shape index (κ2) is 13.2. The van der Waals surface area contributed by atoms with Crippen LogP contribution in [-0.4, -0.2) is 33.8 Å². The number of aryl methyl sites for hydroxylation is 2. The van der Waals surface area contributed by atoms with Gasteiger partial charge in [-0.15, -0.1) is 22.7 Å². The molecule has 0 saturated carbocycles. The third-order valence-corrected chi connectivity index (χ3v) is 10.2. The molecule has 7 nitrogen and oxygen atoms in total. The molecule has 1 amide bonds. The molecule has 226 valence electrons. The van der Waals surface area contributed by atoms with Crippen LogP contribution < -0.4 is 10.9 Å². The van der Waals surface area contributed by atoms with E-state index in [9.17, 15) is 14.4 Å². The number of nitrogens with zero attached hydrogens (tertiary/aromatic N) is 2. The fraction of sp³-hybridized carbons (Fsp3) is 0.143. The molecule has 1 N–H and O–H groups in total. The van der Waals surface area contributed by atoms with E-state index in [4.69, 9.17) is 9.72 Å². The number of thiophene rings is 2. The van der Waals surface area contributed by atoms with Crippen molar-refractivity contribution in [3.05, 3.63) is 117 Å². The number of hydrogen-bond acceptors (Lipinski definition) is 8. The van der Waals surface area contributed by atoms with Crippen LogP contribution in [0.1, 0.15) is 28.4 Å². The standard InChI is InChI=1S/C35H29N3O4S3/c1-4-42-34(41)26-18-28(23-11-7-5-8-12-23)45-31(26)36-29(39)20-44-35-37-32-30(33(40)38(35)25-13-9-6-10-14-25)27(19-43-32)24-16-15-21(2)22(3)17-24/h5-19H,4,20H2,1-3H3,(H,36,39). The zero-order valence-electron chi connectivity index (χ0n) is 24.8. The maximum Gasteiger partial charge on any atom is 0.341 e. The second-order valence-electron chi connectivity index (χ2n) is 10.3. The molecule has 0 unspecified atom stereocenters. The fourth-order valence-electron chi connectivity index (χ4n) is 4.88. The molecule has 45 heavy (non-hydrogen) atoms. The highest BCUT2D eigenvalue weighted by atomic mass is 32.2. The minimum atomic E-state index is -0.499. The summed E-state index contributed by atoms with van der Waals surface area (Å²) >= 11 is 3.89. The van der Waals surface area contributed by atoms with Gasteiger partial charge in [0.15, 0.2) is 5.16 Å². The number of nitrogens with one attached hydrogen (secondary N) is 1. The van der Waals surface area contributed by atoms with Gasteiger partial charge in [0.1, 0.15) is 9.83 Å². The molecule has 0 spiro atoms. The van der Waals surface area contributed by atoms with E-state index in [1.807, 2.05) is 72.1 Å². The van der Waals surface area contributed by atoms with Gasteiger partial charge >= 0.3 is 5.97 Å². The molecule has 0 radical (unpaired) electrons. The van der Waals surface area contributed by atoms with Gasteiger partial charge in [-0.1, -0.05) is 78.5 Å². The van der Waals surface area contributed by atoms with Crippen LogP contribution >= 0.6 is 34.4 Å². The molecule has 3 aromatic heterocycles. The first-order valence-electron chi connectivity index (χ1n) is 14.3. The number of amides is 1. The van der Waals surface area contributed by atoms with Gasteiger partial charge in [-0.2, -0.15) is 0 Å². The summed E-state index contributed by atoms with van der Waals surface area (Å²) in [7, 11) is 0. The van der Waals surface area contributed by atoms with Gasteiger partial charge in [0.25, 0.3) is 5.56 Å². The summed E-state index contributed by atoms with van der Waals surface area (Å²) in [6.07, 6.45) is 0. The number of thioether (sulfide) groups is 1. The van der Waals surface area contributed by atoms with E-state index < -0.39 is 5.97 Å². The molecular formula is C35H29N3O4S3. The zero-order valence-corrected chi connectivity index (χ0v) is 27.3. The van der Waals surface area contributed by atoms with E-state index in [-0.39, 0.29) is 23.8 Å². The van der Waals surface area contributed by atoms with Crippen LogP contribution in [0.2, 0.25) is 0 Å². The number of benzene rings is 3. The SMILES string of the molecule is CCOC(=O)c1cc(-c2ccccc2)sc1NC(=O)CSc1nc2scc(-c3ccc(C)c(C)c3)c2c(=O)n1-c1ccccc1. The molecular weight excluding hydrogens is 623 g/mol. The average molecular weight is 652 g/mol. The van der Waals surface area contributed by atoms with Gasteiger partial charge in [0, 0.05) is 15.8 Å². The lowest BCUT2D eigenvalue weighted by molar-refractivity contribution is -0.113. The topological polar surface area (TPSA) is 90.3 Å². The molecule has 3 aromatic carbocycles. The highest BCUT2D eigenvalue weighted by Gasteiger charge is 2.22. The minimum absolute atomic E-state index is 0.0268. The normalized spacial score (nSPS) is 11.1. The van der Waals surface area contributed by atoms with Gasteiger partial charge in [-0.05, 0) is 61.2 Å². The van der Waals surface area contributed by atoms with Crippen molar-refractivity contribution in [1.82, 2.24) is 9.55 Å². The van der Waals surface area contributed by atoms with Gasteiger partial charge in [0.2, 0.25) is 5.91 Å². The van der Waals surface area contributed by atoms with E-state index in [1.54, 1.807) is 17.6 Å². The van der Waals surface area contributed by atoms with Crippen LogP contribution in [0.3, 0.4) is 0 Å². The molecule has 0 bridgehead atoms. The summed E-state index contributed by atoms with van der Waals surface area (Å²) in [5.74, 6) is -0.856. The van der Waals surface area contributed by atoms with Crippen LogP contribution in [-0.2, 0) is 9.53 Å². The summed E-state index contributed by atoms with van der Waals surface area (Å²) < 4.78 is 6.83. The number of para-hydroxylation sites is 1. The predicted octanol–water partition coefficient (Wildman–Crippen LogP) is 8.37. The Kier molecular flexibility index (Phi) is 8.97. The Morgan fingerprint density at radius 1 is 0.933 bits per heavy atom. The van der Waals surface area contributed by atoms with Crippen molar-refractivity contribution in [1.29, 1.82) is 0 Å². The zero-order chi connectivity index (χ0) is 31.5. The number of esters is 1. The smallest absolute Gasteiger partial charge is 0.341 e.